The number of nitrogen functional groups attached to an aromatic ring is 1. The fraction of sp³-hybridized carbons (Fsp3) is 0.625. The zero-order valence-electron chi connectivity index (χ0n) is 28.3. The first-order chi connectivity index (χ1) is 19.5. The van der Waals surface area contributed by atoms with Gasteiger partial charge in [-0.1, -0.05) is 73.1 Å². The SMILES string of the molecule is C/C(=C\CN(C)C(=O)C(NC(=O)C(N(C)C(=O)OC(C)(C)C)C(C)(C)c1cccc(N)c1)C(C)(C)C)C(=O)OF.CCC. The molecule has 1 aromatic carbocycles. The minimum atomic E-state index is -1.15. The van der Waals surface area contributed by atoms with E-state index in [0.717, 1.165) is 0 Å². The number of ether oxygens (including phenoxy) is 1. The van der Waals surface area contributed by atoms with Crippen LogP contribution in [0.4, 0.5) is 15.0 Å². The third kappa shape index (κ3) is 12.2. The molecular formula is C32H53FN4O6. The number of halogens is 1. The lowest BCUT2D eigenvalue weighted by Gasteiger charge is -2.42. The van der Waals surface area contributed by atoms with E-state index in [0.29, 0.717) is 11.3 Å². The highest BCUT2D eigenvalue weighted by molar-refractivity contribution is 5.93. The van der Waals surface area contributed by atoms with Gasteiger partial charge in [-0.05, 0) is 50.8 Å². The zero-order chi connectivity index (χ0) is 33.9. The highest BCUT2D eigenvalue weighted by Gasteiger charge is 2.45. The van der Waals surface area contributed by atoms with Gasteiger partial charge in [0.25, 0.3) is 0 Å². The Labute approximate surface area is 257 Å². The number of hydrogen-bond acceptors (Lipinski definition) is 7. The summed E-state index contributed by atoms with van der Waals surface area (Å²) in [4.78, 5) is 57.9. The fourth-order valence-electron chi connectivity index (χ4n) is 4.12. The second-order valence-corrected chi connectivity index (χ2v) is 13.3. The summed E-state index contributed by atoms with van der Waals surface area (Å²) < 4.78 is 17.8. The zero-order valence-corrected chi connectivity index (χ0v) is 28.3. The van der Waals surface area contributed by atoms with Crippen molar-refractivity contribution in [2.75, 3.05) is 26.4 Å². The number of nitrogens with zero attached hydrogens (tertiary/aromatic N) is 2. The van der Waals surface area contributed by atoms with Gasteiger partial charge in [0.05, 0.1) is 0 Å². The largest absolute Gasteiger partial charge is 0.444 e. The summed E-state index contributed by atoms with van der Waals surface area (Å²) in [5, 5.41) is 2.87. The van der Waals surface area contributed by atoms with Crippen molar-refractivity contribution in [3.63, 3.8) is 0 Å². The number of carbonyl (C=O) groups is 4. The second-order valence-electron chi connectivity index (χ2n) is 13.3. The molecule has 3 N–H and O–H groups in total. The van der Waals surface area contributed by atoms with Crippen molar-refractivity contribution < 1.29 is 33.4 Å². The first-order valence-corrected chi connectivity index (χ1v) is 14.4. The predicted molar refractivity (Wildman–Crippen MR) is 168 cm³/mol. The number of likely N-dealkylation sites (N-methyl/N-ethyl adjacent to an activating group) is 2. The predicted octanol–water partition coefficient (Wildman–Crippen LogP) is 5.56. The van der Waals surface area contributed by atoms with Crippen LogP contribution in [0.5, 0.6) is 0 Å². The lowest BCUT2D eigenvalue weighted by atomic mass is 9.76. The fourth-order valence-corrected chi connectivity index (χ4v) is 4.12. The third-order valence-corrected chi connectivity index (χ3v) is 6.47. The number of carbonyl (C=O) groups excluding carboxylic acids is 4. The number of nitrogens with two attached hydrogens (primary N) is 1. The van der Waals surface area contributed by atoms with Gasteiger partial charge >= 0.3 is 12.1 Å². The van der Waals surface area contributed by atoms with E-state index in [1.807, 2.05) is 19.9 Å². The topological polar surface area (TPSA) is 131 Å². The van der Waals surface area contributed by atoms with E-state index >= 15 is 0 Å². The standard InChI is InChI=1S/C29H45FN4O6.C3H8/c1-18(25(37)40-30)15-16-33(10)24(36)21(27(2,3)4)32-23(35)22(34(11)26(38)39-28(5,6)7)29(8,9)19-13-12-14-20(31)17-19;1-3-2/h12-15,17,21-22H,16,31H2,1-11H3,(H,32,35);3H2,1-2H3/b18-15+;. The average Bonchev–Trinajstić information content (AvgIpc) is 2.87. The molecule has 3 amide bonds. The van der Waals surface area contributed by atoms with Crippen LogP contribution in [-0.4, -0.2) is 72.0 Å². The highest BCUT2D eigenvalue weighted by Crippen LogP contribution is 2.33. The molecule has 11 heteroatoms. The molecule has 2 atom stereocenters. The van der Waals surface area contributed by atoms with Crippen LogP contribution in [0.1, 0.15) is 88.1 Å². The summed E-state index contributed by atoms with van der Waals surface area (Å²) in [6.07, 6.45) is 1.89. The van der Waals surface area contributed by atoms with Crippen LogP contribution in [0, 0.1) is 5.41 Å². The van der Waals surface area contributed by atoms with Crippen LogP contribution in [0.15, 0.2) is 35.9 Å². The number of rotatable bonds is 9. The summed E-state index contributed by atoms with van der Waals surface area (Å²) in [6.45, 7) is 19.8. The molecule has 10 nitrogen and oxygen atoms in total. The van der Waals surface area contributed by atoms with Gasteiger partial charge in [-0.15, -0.1) is 0 Å². The summed E-state index contributed by atoms with van der Waals surface area (Å²) >= 11 is 0. The first-order valence-electron chi connectivity index (χ1n) is 14.4. The van der Waals surface area contributed by atoms with Crippen molar-refractivity contribution in [1.29, 1.82) is 0 Å². The number of benzene rings is 1. The van der Waals surface area contributed by atoms with Crippen LogP contribution in [-0.2, 0) is 29.5 Å². The Morgan fingerprint density at radius 3 is 2.00 bits per heavy atom. The molecule has 43 heavy (non-hydrogen) atoms. The van der Waals surface area contributed by atoms with E-state index in [1.165, 1.54) is 43.3 Å². The number of amides is 3. The lowest BCUT2D eigenvalue weighted by molar-refractivity contribution is -0.178. The maximum Gasteiger partial charge on any atom is 0.410 e. The molecule has 0 bridgehead atoms. The molecule has 0 heterocycles. The first kappa shape index (κ1) is 39.4. The Morgan fingerprint density at radius 2 is 1.56 bits per heavy atom. The summed E-state index contributed by atoms with van der Waals surface area (Å²) in [5.74, 6) is -2.17. The van der Waals surface area contributed by atoms with Crippen molar-refractivity contribution in [1.82, 2.24) is 15.1 Å². The van der Waals surface area contributed by atoms with Crippen molar-refractivity contribution >= 4 is 29.6 Å². The maximum absolute atomic E-state index is 14.1. The van der Waals surface area contributed by atoms with Crippen molar-refractivity contribution in [2.45, 2.75) is 106 Å². The van der Waals surface area contributed by atoms with Gasteiger partial charge in [0, 0.05) is 41.8 Å². The Kier molecular flexibility index (Phi) is 14.9. The Morgan fingerprint density at radius 1 is 1.02 bits per heavy atom. The van der Waals surface area contributed by atoms with Gasteiger partial charge < -0.3 is 20.7 Å². The van der Waals surface area contributed by atoms with Gasteiger partial charge in [-0.2, -0.15) is 0 Å². The molecule has 0 aliphatic heterocycles. The van der Waals surface area contributed by atoms with E-state index < -0.39 is 52.4 Å². The van der Waals surface area contributed by atoms with Gasteiger partial charge in [0.1, 0.15) is 17.7 Å². The van der Waals surface area contributed by atoms with Crippen LogP contribution < -0.4 is 11.1 Å². The minimum Gasteiger partial charge on any atom is -0.444 e. The maximum atomic E-state index is 14.1. The molecule has 244 valence electrons. The quantitative estimate of drug-likeness (QED) is 0.277. The molecule has 0 spiro atoms. The Hall–Kier alpha value is -3.63. The monoisotopic (exact) mass is 608 g/mol. The molecule has 0 aliphatic rings. The lowest BCUT2D eigenvalue weighted by Crippen LogP contribution is -2.62. The van der Waals surface area contributed by atoms with Crippen molar-refractivity contribution in [3.8, 4) is 0 Å². The van der Waals surface area contributed by atoms with Crippen LogP contribution in [0.25, 0.3) is 0 Å². The molecule has 2 unspecified atom stereocenters. The molecule has 0 radical (unpaired) electrons. The molecule has 1 aromatic rings. The summed E-state index contributed by atoms with van der Waals surface area (Å²) in [6, 6.07) is 4.92. The molecule has 1 rings (SSSR count). The molecular weight excluding hydrogens is 555 g/mol. The van der Waals surface area contributed by atoms with Gasteiger partial charge in [0.15, 0.2) is 0 Å². The van der Waals surface area contributed by atoms with Gasteiger partial charge in [0.2, 0.25) is 11.8 Å². The molecule has 0 aromatic heterocycles. The molecule has 0 saturated carbocycles. The smallest absolute Gasteiger partial charge is 0.410 e. The van der Waals surface area contributed by atoms with E-state index in [4.69, 9.17) is 10.5 Å². The second kappa shape index (κ2) is 16.3. The summed E-state index contributed by atoms with van der Waals surface area (Å²) in [5.41, 5.74) is 4.71. The number of hydrogen-bond donors (Lipinski definition) is 2. The highest BCUT2D eigenvalue weighted by atomic mass is 19.3. The molecule has 0 saturated heterocycles. The van der Waals surface area contributed by atoms with Gasteiger partial charge in [-0.25, -0.2) is 14.5 Å². The van der Waals surface area contributed by atoms with Gasteiger partial charge in [-0.3, -0.25) is 14.5 Å². The normalized spacial score (nSPS) is 13.5. The van der Waals surface area contributed by atoms with Crippen molar-refractivity contribution in [3.05, 3.63) is 41.5 Å². The van der Waals surface area contributed by atoms with Crippen LogP contribution in [0.2, 0.25) is 0 Å². The van der Waals surface area contributed by atoms with E-state index in [1.54, 1.807) is 59.7 Å². The molecule has 0 aliphatic carbocycles. The van der Waals surface area contributed by atoms with E-state index in [2.05, 4.69) is 24.1 Å². The number of nitrogens with one attached hydrogen (secondary N) is 1. The van der Waals surface area contributed by atoms with E-state index in [9.17, 15) is 23.7 Å². The van der Waals surface area contributed by atoms with Crippen molar-refractivity contribution in [2.24, 2.45) is 5.41 Å². The third-order valence-electron chi connectivity index (χ3n) is 6.47. The Balaban J connectivity index is 0.00000562. The Bertz CT molecular complexity index is 1140. The van der Waals surface area contributed by atoms with Crippen LogP contribution >= 0.6 is 0 Å². The van der Waals surface area contributed by atoms with Crippen LogP contribution in [0.3, 0.4) is 0 Å². The van der Waals surface area contributed by atoms with E-state index in [-0.39, 0.29) is 12.1 Å². The molecule has 0 fully saturated rings. The minimum absolute atomic E-state index is 0.0126. The number of anilines is 1. The average molecular weight is 609 g/mol. The summed E-state index contributed by atoms with van der Waals surface area (Å²) in [7, 11) is 2.97.